The van der Waals surface area contributed by atoms with Crippen molar-refractivity contribution in [3.8, 4) is 0 Å². The lowest BCUT2D eigenvalue weighted by Crippen LogP contribution is -2.06. The van der Waals surface area contributed by atoms with Crippen LogP contribution >= 0.6 is 15.9 Å². The summed E-state index contributed by atoms with van der Waals surface area (Å²) in [7, 11) is 1.72. The molecule has 0 saturated heterocycles. The van der Waals surface area contributed by atoms with E-state index >= 15 is 0 Å². The number of hydrogen-bond donors (Lipinski definition) is 1. The standard InChI is InChI=1S/C8H8BrF2N/c1-12-4-5-2-6(10)3-7(11)8(5)9/h2-3,12H,4H2,1H3. The van der Waals surface area contributed by atoms with E-state index in [2.05, 4.69) is 21.2 Å². The summed E-state index contributed by atoms with van der Waals surface area (Å²) in [5, 5.41) is 2.82. The van der Waals surface area contributed by atoms with Gasteiger partial charge in [-0.3, -0.25) is 0 Å². The molecule has 12 heavy (non-hydrogen) atoms. The van der Waals surface area contributed by atoms with E-state index in [9.17, 15) is 8.78 Å². The molecule has 4 heteroatoms. The number of hydrogen-bond acceptors (Lipinski definition) is 1. The van der Waals surface area contributed by atoms with E-state index in [0.717, 1.165) is 6.07 Å². The largest absolute Gasteiger partial charge is 0.316 e. The molecule has 0 amide bonds. The van der Waals surface area contributed by atoms with Crippen LogP contribution in [-0.4, -0.2) is 7.05 Å². The van der Waals surface area contributed by atoms with Crippen molar-refractivity contribution < 1.29 is 8.78 Å². The van der Waals surface area contributed by atoms with Gasteiger partial charge < -0.3 is 5.32 Å². The number of rotatable bonds is 2. The average molecular weight is 236 g/mol. The minimum absolute atomic E-state index is 0.318. The summed E-state index contributed by atoms with van der Waals surface area (Å²) in [6, 6.07) is 2.15. The Morgan fingerprint density at radius 3 is 2.67 bits per heavy atom. The summed E-state index contributed by atoms with van der Waals surface area (Å²) in [5.41, 5.74) is 0.579. The molecule has 0 aliphatic rings. The molecule has 0 aliphatic heterocycles. The Kier molecular flexibility index (Phi) is 3.17. The lowest BCUT2D eigenvalue weighted by atomic mass is 10.2. The van der Waals surface area contributed by atoms with Crippen LogP contribution in [-0.2, 0) is 6.54 Å². The first-order valence-corrected chi connectivity index (χ1v) is 4.22. The summed E-state index contributed by atoms with van der Waals surface area (Å²) in [4.78, 5) is 0. The molecular weight excluding hydrogens is 228 g/mol. The third-order valence-electron chi connectivity index (χ3n) is 1.44. The van der Waals surface area contributed by atoms with Crippen LogP contribution in [0.3, 0.4) is 0 Å². The average Bonchev–Trinajstić information content (AvgIpc) is 2.00. The minimum Gasteiger partial charge on any atom is -0.316 e. The fourth-order valence-corrected chi connectivity index (χ4v) is 1.30. The van der Waals surface area contributed by atoms with Crippen molar-refractivity contribution in [2.45, 2.75) is 6.54 Å². The SMILES string of the molecule is CNCc1cc(F)cc(F)c1Br. The van der Waals surface area contributed by atoms with Crippen LogP contribution in [0.4, 0.5) is 8.78 Å². The van der Waals surface area contributed by atoms with Crippen molar-refractivity contribution in [2.24, 2.45) is 0 Å². The van der Waals surface area contributed by atoms with Crippen LogP contribution < -0.4 is 5.32 Å². The summed E-state index contributed by atoms with van der Waals surface area (Å²) in [6.07, 6.45) is 0. The van der Waals surface area contributed by atoms with Crippen molar-refractivity contribution in [1.82, 2.24) is 5.32 Å². The van der Waals surface area contributed by atoms with E-state index in [4.69, 9.17) is 0 Å². The van der Waals surface area contributed by atoms with Crippen LogP contribution in [0, 0.1) is 11.6 Å². The molecule has 1 rings (SSSR count). The van der Waals surface area contributed by atoms with E-state index in [0.29, 0.717) is 16.6 Å². The monoisotopic (exact) mass is 235 g/mol. The van der Waals surface area contributed by atoms with Crippen LogP contribution in [0.15, 0.2) is 16.6 Å². The fourth-order valence-electron chi connectivity index (χ4n) is 0.928. The van der Waals surface area contributed by atoms with Crippen LogP contribution in [0.2, 0.25) is 0 Å². The second kappa shape index (κ2) is 3.96. The Balaban J connectivity index is 3.09. The maximum atomic E-state index is 12.8. The molecule has 0 aromatic heterocycles. The minimum atomic E-state index is -0.569. The predicted octanol–water partition coefficient (Wildman–Crippen LogP) is 2.45. The van der Waals surface area contributed by atoms with E-state index in [1.165, 1.54) is 6.07 Å². The summed E-state index contributed by atoms with van der Waals surface area (Å²) in [5.74, 6) is -1.12. The van der Waals surface area contributed by atoms with Gasteiger partial charge >= 0.3 is 0 Å². The molecule has 0 unspecified atom stereocenters. The molecule has 0 radical (unpaired) electrons. The van der Waals surface area contributed by atoms with Gasteiger partial charge in [0.25, 0.3) is 0 Å². The van der Waals surface area contributed by atoms with Gasteiger partial charge in [-0.25, -0.2) is 8.78 Å². The maximum Gasteiger partial charge on any atom is 0.140 e. The highest BCUT2D eigenvalue weighted by Crippen LogP contribution is 2.21. The summed E-state index contributed by atoms with van der Waals surface area (Å²) >= 11 is 3.03. The molecule has 0 spiro atoms. The highest BCUT2D eigenvalue weighted by molar-refractivity contribution is 9.10. The summed E-state index contributed by atoms with van der Waals surface area (Å²) < 4.78 is 25.8. The molecule has 1 aromatic rings. The van der Waals surface area contributed by atoms with Crippen molar-refractivity contribution in [3.05, 3.63) is 33.8 Å². The van der Waals surface area contributed by atoms with Crippen LogP contribution in [0.1, 0.15) is 5.56 Å². The first kappa shape index (κ1) is 9.61. The zero-order valence-electron chi connectivity index (χ0n) is 6.50. The van der Waals surface area contributed by atoms with Crippen molar-refractivity contribution in [2.75, 3.05) is 7.05 Å². The van der Waals surface area contributed by atoms with Gasteiger partial charge in [-0.05, 0) is 34.6 Å². The van der Waals surface area contributed by atoms with E-state index < -0.39 is 11.6 Å². The zero-order valence-corrected chi connectivity index (χ0v) is 8.08. The molecule has 0 heterocycles. The van der Waals surface area contributed by atoms with Gasteiger partial charge in [0, 0.05) is 12.6 Å². The molecule has 0 saturated carbocycles. The smallest absolute Gasteiger partial charge is 0.140 e. The zero-order chi connectivity index (χ0) is 9.14. The lowest BCUT2D eigenvalue weighted by Gasteiger charge is -2.04. The number of halogens is 3. The first-order valence-electron chi connectivity index (χ1n) is 3.43. The van der Waals surface area contributed by atoms with Gasteiger partial charge in [0.15, 0.2) is 0 Å². The van der Waals surface area contributed by atoms with E-state index in [1.54, 1.807) is 7.05 Å². The molecular formula is C8H8BrF2N. The van der Waals surface area contributed by atoms with Crippen LogP contribution in [0.25, 0.3) is 0 Å². The van der Waals surface area contributed by atoms with Crippen LogP contribution in [0.5, 0.6) is 0 Å². The highest BCUT2D eigenvalue weighted by Gasteiger charge is 2.07. The highest BCUT2D eigenvalue weighted by atomic mass is 79.9. The Morgan fingerprint density at radius 2 is 2.08 bits per heavy atom. The van der Waals surface area contributed by atoms with Gasteiger partial charge in [-0.2, -0.15) is 0 Å². The topological polar surface area (TPSA) is 12.0 Å². The molecule has 0 bridgehead atoms. The Morgan fingerprint density at radius 1 is 1.42 bits per heavy atom. The molecule has 1 N–H and O–H groups in total. The maximum absolute atomic E-state index is 12.8. The first-order chi connectivity index (χ1) is 5.65. The molecule has 66 valence electrons. The van der Waals surface area contributed by atoms with Crippen molar-refractivity contribution in [1.29, 1.82) is 0 Å². The second-order valence-corrected chi connectivity index (χ2v) is 3.18. The molecule has 1 nitrogen and oxygen atoms in total. The normalized spacial score (nSPS) is 10.3. The second-order valence-electron chi connectivity index (χ2n) is 2.39. The van der Waals surface area contributed by atoms with Gasteiger partial charge in [-0.1, -0.05) is 0 Å². The van der Waals surface area contributed by atoms with Crippen molar-refractivity contribution in [3.63, 3.8) is 0 Å². The van der Waals surface area contributed by atoms with E-state index in [-0.39, 0.29) is 0 Å². The van der Waals surface area contributed by atoms with E-state index in [1.807, 2.05) is 0 Å². The van der Waals surface area contributed by atoms with Gasteiger partial charge in [0.1, 0.15) is 11.6 Å². The van der Waals surface area contributed by atoms with Crippen molar-refractivity contribution >= 4 is 15.9 Å². The Hall–Kier alpha value is -0.480. The molecule has 1 aromatic carbocycles. The molecule has 0 fully saturated rings. The summed E-state index contributed by atoms with van der Waals surface area (Å²) in [6.45, 7) is 0.440. The van der Waals surface area contributed by atoms with Gasteiger partial charge in [0.05, 0.1) is 4.47 Å². The lowest BCUT2D eigenvalue weighted by molar-refractivity contribution is 0.573. The van der Waals surface area contributed by atoms with Gasteiger partial charge in [-0.15, -0.1) is 0 Å². The Bertz CT molecular complexity index is 289. The van der Waals surface area contributed by atoms with Gasteiger partial charge in [0.2, 0.25) is 0 Å². The number of nitrogens with one attached hydrogen (secondary N) is 1. The number of benzene rings is 1. The quantitative estimate of drug-likeness (QED) is 0.777. The predicted molar refractivity (Wildman–Crippen MR) is 46.8 cm³/mol. The third kappa shape index (κ3) is 2.01. The Labute approximate surface area is 77.9 Å². The molecule has 0 atom stereocenters. The fraction of sp³-hybridized carbons (Fsp3) is 0.250. The molecule has 0 aliphatic carbocycles. The third-order valence-corrected chi connectivity index (χ3v) is 2.32.